The van der Waals surface area contributed by atoms with Crippen molar-refractivity contribution in [1.82, 2.24) is 14.2 Å². The minimum Gasteiger partial charge on any atom is -0.379 e. The number of morpholine rings is 1. The first kappa shape index (κ1) is 26.2. The molecule has 5 rings (SSSR count). The summed E-state index contributed by atoms with van der Waals surface area (Å²) in [5.41, 5.74) is 1.32. The van der Waals surface area contributed by atoms with Crippen LogP contribution < -0.4 is 4.90 Å². The second-order valence-electron chi connectivity index (χ2n) is 9.84. The fraction of sp³-hybridized carbons (Fsp3) is 0.481. The molecule has 2 aliphatic rings. The molecule has 3 aromatic rings. The monoisotopic (exact) mass is 542 g/mol. The van der Waals surface area contributed by atoms with Gasteiger partial charge in [-0.1, -0.05) is 30.4 Å². The van der Waals surface area contributed by atoms with Crippen molar-refractivity contribution in [3.05, 3.63) is 54.1 Å². The number of ether oxygens (including phenoxy) is 1. The zero-order chi connectivity index (χ0) is 25.8. The molecule has 0 N–H and O–H groups in total. The molecule has 3 heterocycles. The van der Waals surface area contributed by atoms with Gasteiger partial charge in [-0.15, -0.1) is 0 Å². The lowest BCUT2D eigenvalue weighted by molar-refractivity contribution is 0.0376. The summed E-state index contributed by atoms with van der Waals surface area (Å²) in [7, 11) is -3.56. The number of aromatic nitrogens is 1. The number of sulfonamides is 1. The number of carbonyl (C=O) groups excluding carboxylic acids is 1. The van der Waals surface area contributed by atoms with Crippen molar-refractivity contribution in [2.45, 2.75) is 31.1 Å². The topological polar surface area (TPSA) is 83.1 Å². The quantitative estimate of drug-likeness (QED) is 0.427. The van der Waals surface area contributed by atoms with Gasteiger partial charge in [-0.3, -0.25) is 14.6 Å². The van der Waals surface area contributed by atoms with Crippen LogP contribution in [0.3, 0.4) is 0 Å². The van der Waals surface area contributed by atoms with E-state index in [1.165, 1.54) is 11.3 Å². The van der Waals surface area contributed by atoms with Gasteiger partial charge < -0.3 is 4.74 Å². The van der Waals surface area contributed by atoms with Gasteiger partial charge in [0.2, 0.25) is 10.0 Å². The summed E-state index contributed by atoms with van der Waals surface area (Å²) in [5, 5.41) is 0.660. The summed E-state index contributed by atoms with van der Waals surface area (Å²) in [6.45, 7) is 7.94. The maximum Gasteiger partial charge on any atom is 0.260 e. The van der Waals surface area contributed by atoms with Crippen LogP contribution in [0.2, 0.25) is 0 Å². The molecular weight excluding hydrogens is 508 g/mol. The predicted molar refractivity (Wildman–Crippen MR) is 147 cm³/mol. The lowest BCUT2D eigenvalue weighted by Crippen LogP contribution is -2.39. The predicted octanol–water partition coefficient (Wildman–Crippen LogP) is 4.09. The Morgan fingerprint density at radius 2 is 1.76 bits per heavy atom. The van der Waals surface area contributed by atoms with Crippen LogP contribution in [0.1, 0.15) is 36.5 Å². The molecule has 0 radical (unpaired) electrons. The number of para-hydroxylation sites is 1. The first-order valence-electron chi connectivity index (χ1n) is 13.0. The number of anilines is 1. The van der Waals surface area contributed by atoms with Gasteiger partial charge in [0.05, 0.1) is 28.3 Å². The van der Waals surface area contributed by atoms with Crippen LogP contribution in [-0.4, -0.2) is 81.0 Å². The fourth-order valence-corrected chi connectivity index (χ4v) is 7.30. The van der Waals surface area contributed by atoms with E-state index in [1.54, 1.807) is 33.5 Å². The molecule has 8 nitrogen and oxygen atoms in total. The van der Waals surface area contributed by atoms with Gasteiger partial charge in [0.1, 0.15) is 0 Å². The molecule has 0 saturated carbocycles. The molecule has 0 spiro atoms. The highest BCUT2D eigenvalue weighted by molar-refractivity contribution is 7.89. The second kappa shape index (κ2) is 11.6. The van der Waals surface area contributed by atoms with Gasteiger partial charge in [-0.2, -0.15) is 4.31 Å². The molecule has 0 aliphatic carbocycles. The molecule has 37 heavy (non-hydrogen) atoms. The Hall–Kier alpha value is -2.37. The van der Waals surface area contributed by atoms with E-state index in [4.69, 9.17) is 9.72 Å². The van der Waals surface area contributed by atoms with Gasteiger partial charge in [0.25, 0.3) is 5.91 Å². The summed E-state index contributed by atoms with van der Waals surface area (Å²) in [4.78, 5) is 22.8. The second-order valence-corrected chi connectivity index (χ2v) is 12.8. The van der Waals surface area contributed by atoms with Crippen molar-refractivity contribution in [2.75, 3.05) is 57.4 Å². The first-order valence-corrected chi connectivity index (χ1v) is 15.3. The molecule has 1 amide bonds. The molecule has 0 unspecified atom stereocenters. The Morgan fingerprint density at radius 3 is 2.46 bits per heavy atom. The third-order valence-corrected chi connectivity index (χ3v) is 10.2. The van der Waals surface area contributed by atoms with Crippen LogP contribution >= 0.6 is 11.3 Å². The van der Waals surface area contributed by atoms with E-state index in [0.717, 1.165) is 62.3 Å². The SMILES string of the molecule is CC1CCN(S(=O)(=O)c2ccc(C(=O)N(CCCN3CCOCC3)c3nc4ccccc4s3)cc2)CC1. The van der Waals surface area contributed by atoms with Crippen molar-refractivity contribution in [3.8, 4) is 0 Å². The molecule has 198 valence electrons. The van der Waals surface area contributed by atoms with Crippen molar-refractivity contribution in [3.63, 3.8) is 0 Å². The summed E-state index contributed by atoms with van der Waals surface area (Å²) >= 11 is 1.50. The average molecular weight is 543 g/mol. The van der Waals surface area contributed by atoms with Gasteiger partial charge in [0.15, 0.2) is 5.13 Å². The highest BCUT2D eigenvalue weighted by atomic mass is 32.2. The lowest BCUT2D eigenvalue weighted by atomic mass is 10.0. The number of carbonyl (C=O) groups is 1. The van der Waals surface area contributed by atoms with Gasteiger partial charge in [0, 0.05) is 44.8 Å². The number of hydrogen-bond donors (Lipinski definition) is 0. The zero-order valence-corrected chi connectivity index (χ0v) is 22.8. The Balaban J connectivity index is 1.34. The van der Waals surface area contributed by atoms with E-state index in [9.17, 15) is 13.2 Å². The lowest BCUT2D eigenvalue weighted by Gasteiger charge is -2.29. The average Bonchev–Trinajstić information content (AvgIpc) is 3.36. The van der Waals surface area contributed by atoms with Crippen LogP contribution in [0, 0.1) is 5.92 Å². The summed E-state index contributed by atoms with van der Waals surface area (Å²) in [6.07, 6.45) is 2.55. The van der Waals surface area contributed by atoms with Crippen LogP contribution in [-0.2, 0) is 14.8 Å². The molecule has 0 atom stereocenters. The third kappa shape index (κ3) is 6.04. The maximum atomic E-state index is 13.7. The molecule has 2 aromatic carbocycles. The van der Waals surface area contributed by atoms with E-state index >= 15 is 0 Å². The van der Waals surface area contributed by atoms with E-state index in [2.05, 4.69) is 11.8 Å². The molecular formula is C27H34N4O4S2. The number of piperidine rings is 1. The molecule has 2 aliphatic heterocycles. The number of benzene rings is 2. The minimum absolute atomic E-state index is 0.170. The standard InChI is InChI=1S/C27H34N4O4S2/c1-21-11-15-30(16-12-21)37(33,34)23-9-7-22(8-10-23)26(32)31(14-4-13-29-17-19-35-20-18-29)27-28-24-5-2-3-6-25(24)36-27/h2-3,5-10,21H,4,11-20H2,1H3. The Labute approximate surface area is 222 Å². The van der Waals surface area contributed by atoms with E-state index in [1.807, 2.05) is 24.3 Å². The third-order valence-electron chi connectivity index (χ3n) is 7.20. The van der Waals surface area contributed by atoms with Crippen LogP contribution in [0.25, 0.3) is 10.2 Å². The normalized spacial score (nSPS) is 18.3. The smallest absolute Gasteiger partial charge is 0.260 e. The molecule has 10 heteroatoms. The molecule has 2 fully saturated rings. The summed E-state index contributed by atoms with van der Waals surface area (Å²) in [6, 6.07) is 14.3. The van der Waals surface area contributed by atoms with Crippen molar-refractivity contribution in [1.29, 1.82) is 0 Å². The van der Waals surface area contributed by atoms with Crippen molar-refractivity contribution >= 4 is 42.6 Å². The number of fused-ring (bicyclic) bond motifs is 1. The first-order chi connectivity index (χ1) is 17.9. The van der Waals surface area contributed by atoms with Gasteiger partial charge in [-0.05, 0) is 61.6 Å². The fourth-order valence-electron chi connectivity index (χ4n) is 4.84. The maximum absolute atomic E-state index is 13.7. The summed E-state index contributed by atoms with van der Waals surface area (Å²) < 4.78 is 34.3. The van der Waals surface area contributed by atoms with Gasteiger partial charge in [-0.25, -0.2) is 13.4 Å². The Morgan fingerprint density at radius 1 is 1.05 bits per heavy atom. The van der Waals surface area contributed by atoms with E-state index in [0.29, 0.717) is 36.2 Å². The molecule has 0 bridgehead atoms. The minimum atomic E-state index is -3.56. The number of nitrogens with zero attached hydrogens (tertiary/aromatic N) is 4. The largest absolute Gasteiger partial charge is 0.379 e. The number of rotatable bonds is 8. The van der Waals surface area contributed by atoms with Crippen LogP contribution in [0.5, 0.6) is 0 Å². The Bertz CT molecular complexity index is 1280. The van der Waals surface area contributed by atoms with Crippen molar-refractivity contribution < 1.29 is 17.9 Å². The van der Waals surface area contributed by atoms with Crippen LogP contribution in [0.15, 0.2) is 53.4 Å². The van der Waals surface area contributed by atoms with Crippen LogP contribution in [0.4, 0.5) is 5.13 Å². The molecule has 1 aromatic heterocycles. The van der Waals surface area contributed by atoms with Crippen molar-refractivity contribution in [2.24, 2.45) is 5.92 Å². The van der Waals surface area contributed by atoms with E-state index in [-0.39, 0.29) is 10.8 Å². The number of hydrogen-bond acceptors (Lipinski definition) is 7. The highest BCUT2D eigenvalue weighted by Crippen LogP contribution is 2.30. The molecule has 2 saturated heterocycles. The highest BCUT2D eigenvalue weighted by Gasteiger charge is 2.29. The zero-order valence-electron chi connectivity index (χ0n) is 21.2. The van der Waals surface area contributed by atoms with Gasteiger partial charge >= 0.3 is 0 Å². The van der Waals surface area contributed by atoms with E-state index < -0.39 is 10.0 Å². The number of amides is 1. The Kier molecular flexibility index (Phi) is 8.21. The number of thiazole rings is 1. The summed E-state index contributed by atoms with van der Waals surface area (Å²) in [5.74, 6) is 0.375.